The molecule has 1 saturated carbocycles. The van der Waals surface area contributed by atoms with Gasteiger partial charge >= 0.3 is 0 Å². The number of fused-ring (bicyclic) bond motifs is 3. The van der Waals surface area contributed by atoms with Crippen LogP contribution >= 0.6 is 0 Å². The number of pyridine rings is 1. The molecular weight excluding hydrogens is 514 g/mol. The summed E-state index contributed by atoms with van der Waals surface area (Å²) >= 11 is 0. The van der Waals surface area contributed by atoms with Crippen LogP contribution in [-0.2, 0) is 13.0 Å². The van der Waals surface area contributed by atoms with Gasteiger partial charge in [-0.25, -0.2) is 0 Å². The van der Waals surface area contributed by atoms with Crippen molar-refractivity contribution in [1.82, 2.24) is 24.6 Å². The van der Waals surface area contributed by atoms with Crippen molar-refractivity contribution in [2.45, 2.75) is 38.6 Å². The van der Waals surface area contributed by atoms with Gasteiger partial charge in [0.1, 0.15) is 18.1 Å². The molecule has 0 unspecified atom stereocenters. The second-order valence-corrected chi connectivity index (χ2v) is 10.9. The maximum Gasteiger partial charge on any atom is 0.272 e. The van der Waals surface area contributed by atoms with Crippen molar-refractivity contribution in [3.63, 3.8) is 0 Å². The first-order chi connectivity index (χ1) is 20.0. The molecule has 210 valence electrons. The second kappa shape index (κ2) is 11.6. The molecule has 1 aliphatic heterocycles. The van der Waals surface area contributed by atoms with Crippen LogP contribution < -0.4 is 4.74 Å². The predicted octanol–water partition coefficient (Wildman–Crippen LogP) is 5.04. The van der Waals surface area contributed by atoms with Crippen LogP contribution in [0, 0.1) is 0 Å². The highest BCUT2D eigenvalue weighted by atomic mass is 16.5. The topological polar surface area (TPSA) is 80.6 Å². The van der Waals surface area contributed by atoms with Crippen molar-refractivity contribution in [2.75, 3.05) is 33.3 Å². The number of hydrogen-bond donors (Lipinski definition) is 0. The van der Waals surface area contributed by atoms with Crippen molar-refractivity contribution in [3.8, 4) is 16.9 Å². The minimum Gasteiger partial charge on any atom is -0.491 e. The molecule has 1 fully saturated rings. The summed E-state index contributed by atoms with van der Waals surface area (Å²) in [5, 5.41) is 4.71. The van der Waals surface area contributed by atoms with Crippen LogP contribution in [0.4, 0.5) is 0 Å². The monoisotopic (exact) mass is 549 g/mol. The molecule has 2 bridgehead atoms. The van der Waals surface area contributed by atoms with E-state index in [0.29, 0.717) is 56.4 Å². The van der Waals surface area contributed by atoms with Gasteiger partial charge in [0.15, 0.2) is 0 Å². The lowest BCUT2D eigenvalue weighted by molar-refractivity contribution is 0.0659. The van der Waals surface area contributed by atoms with Gasteiger partial charge in [0, 0.05) is 62.5 Å². The number of hydrogen-bond acceptors (Lipinski definition) is 5. The van der Waals surface area contributed by atoms with Crippen molar-refractivity contribution < 1.29 is 14.3 Å². The molecule has 4 aromatic rings. The van der Waals surface area contributed by atoms with E-state index in [1.54, 1.807) is 27.7 Å². The minimum atomic E-state index is -0.0862. The summed E-state index contributed by atoms with van der Waals surface area (Å²) in [5.41, 5.74) is 6.34. The van der Waals surface area contributed by atoms with E-state index >= 15 is 0 Å². The highest BCUT2D eigenvalue weighted by Gasteiger charge is 2.30. The Morgan fingerprint density at radius 1 is 0.976 bits per heavy atom. The zero-order chi connectivity index (χ0) is 28.3. The summed E-state index contributed by atoms with van der Waals surface area (Å²) in [6.07, 6.45) is 6.47. The van der Waals surface area contributed by atoms with Gasteiger partial charge in [0.05, 0.1) is 12.2 Å². The third-order valence-electron chi connectivity index (χ3n) is 7.90. The Balaban J connectivity index is 1.33. The maximum absolute atomic E-state index is 13.9. The molecular formula is C33H35N5O3. The van der Waals surface area contributed by atoms with Crippen LogP contribution in [0.2, 0.25) is 0 Å². The third-order valence-corrected chi connectivity index (χ3v) is 7.90. The summed E-state index contributed by atoms with van der Waals surface area (Å²) in [4.78, 5) is 35.0. The zero-order valence-electron chi connectivity index (χ0n) is 23.6. The first-order valence-corrected chi connectivity index (χ1v) is 14.4. The number of aromatic nitrogens is 3. The third kappa shape index (κ3) is 5.87. The molecule has 0 atom stereocenters. The minimum absolute atomic E-state index is 0.0634. The van der Waals surface area contributed by atoms with Crippen molar-refractivity contribution >= 4 is 11.8 Å². The molecule has 2 aliphatic rings. The molecule has 2 amide bonds. The van der Waals surface area contributed by atoms with Gasteiger partial charge in [-0.3, -0.25) is 19.3 Å². The van der Waals surface area contributed by atoms with Crippen molar-refractivity contribution in [1.29, 1.82) is 0 Å². The molecule has 3 heterocycles. The Morgan fingerprint density at radius 3 is 2.61 bits per heavy atom. The Morgan fingerprint density at radius 2 is 1.83 bits per heavy atom. The molecule has 41 heavy (non-hydrogen) atoms. The number of ether oxygens (including phenoxy) is 1. The first kappa shape index (κ1) is 26.7. The lowest BCUT2D eigenvalue weighted by Gasteiger charge is -2.27. The van der Waals surface area contributed by atoms with Gasteiger partial charge in [0.2, 0.25) is 0 Å². The summed E-state index contributed by atoms with van der Waals surface area (Å²) in [5.74, 6) is 1.08. The lowest BCUT2D eigenvalue weighted by Crippen LogP contribution is -2.42. The fourth-order valence-electron chi connectivity index (χ4n) is 5.37. The fourth-order valence-corrected chi connectivity index (χ4v) is 5.37. The Kier molecular flexibility index (Phi) is 7.55. The number of carbonyl (C=O) groups is 2. The Bertz CT molecular complexity index is 1560. The van der Waals surface area contributed by atoms with Gasteiger partial charge in [-0.1, -0.05) is 24.3 Å². The average Bonchev–Trinajstić information content (AvgIpc) is 3.77. The van der Waals surface area contributed by atoms with Crippen LogP contribution in [0.3, 0.4) is 0 Å². The maximum atomic E-state index is 13.9. The molecule has 0 N–H and O–H groups in total. The number of amides is 2. The van der Waals surface area contributed by atoms with Crippen LogP contribution in [0.5, 0.6) is 5.75 Å². The zero-order valence-corrected chi connectivity index (χ0v) is 23.6. The molecule has 1 aliphatic carbocycles. The summed E-state index contributed by atoms with van der Waals surface area (Å²) in [6.45, 7) is 4.16. The molecule has 6 rings (SSSR count). The van der Waals surface area contributed by atoms with E-state index in [1.165, 1.54) is 0 Å². The average molecular weight is 550 g/mol. The van der Waals surface area contributed by atoms with Gasteiger partial charge in [0.25, 0.3) is 11.8 Å². The molecule has 2 aromatic carbocycles. The van der Waals surface area contributed by atoms with Crippen molar-refractivity contribution in [2.24, 2.45) is 0 Å². The number of rotatable bonds is 4. The second-order valence-electron chi connectivity index (χ2n) is 10.9. The first-order valence-electron chi connectivity index (χ1n) is 14.4. The van der Waals surface area contributed by atoms with Gasteiger partial charge in [-0.15, -0.1) is 0 Å². The van der Waals surface area contributed by atoms with Gasteiger partial charge < -0.3 is 14.5 Å². The normalized spacial score (nSPS) is 16.1. The number of benzene rings is 2. The smallest absolute Gasteiger partial charge is 0.272 e. The summed E-state index contributed by atoms with van der Waals surface area (Å²) in [6, 6.07) is 19.8. The van der Waals surface area contributed by atoms with E-state index in [4.69, 9.17) is 9.84 Å². The van der Waals surface area contributed by atoms with E-state index in [-0.39, 0.29) is 11.8 Å². The van der Waals surface area contributed by atoms with E-state index in [9.17, 15) is 9.59 Å². The lowest BCUT2D eigenvalue weighted by atomic mass is 9.98. The highest BCUT2D eigenvalue weighted by molar-refractivity contribution is 5.95. The molecule has 0 spiro atoms. The highest BCUT2D eigenvalue weighted by Crippen LogP contribution is 2.39. The number of aryl methyl sites for hydroxylation is 1. The molecule has 0 saturated heterocycles. The van der Waals surface area contributed by atoms with E-state index < -0.39 is 0 Å². The fraction of sp³-hybridized carbons (Fsp3) is 0.333. The van der Waals surface area contributed by atoms with E-state index in [0.717, 1.165) is 46.5 Å². The molecule has 0 radical (unpaired) electrons. The Labute approximate surface area is 240 Å². The summed E-state index contributed by atoms with van der Waals surface area (Å²) in [7, 11) is 1.79. The van der Waals surface area contributed by atoms with Gasteiger partial charge in [-0.05, 0) is 72.9 Å². The predicted molar refractivity (Wildman–Crippen MR) is 157 cm³/mol. The van der Waals surface area contributed by atoms with Crippen molar-refractivity contribution in [3.05, 3.63) is 101 Å². The number of carbonyl (C=O) groups excluding carboxylic acids is 2. The molecule has 2 aromatic heterocycles. The standard InChI is InChI=1S/C33H35N5O3/c1-3-38-30(21-29(35-38)24-9-10-24)33(40)37-15-14-36(2)32(39)26-7-4-6-23(18-26)19-28-20-25(27-8-5-13-34-22-27)11-12-31(28)41-17-16-37/h4-8,11-13,18,20-22,24H,3,9-10,14-17,19H2,1-2H3. The molecule has 8 nitrogen and oxygen atoms in total. The van der Waals surface area contributed by atoms with Crippen LogP contribution in [0.25, 0.3) is 11.1 Å². The van der Waals surface area contributed by atoms with E-state index in [2.05, 4.69) is 11.1 Å². The van der Waals surface area contributed by atoms with Gasteiger partial charge in [-0.2, -0.15) is 5.10 Å². The summed E-state index contributed by atoms with van der Waals surface area (Å²) < 4.78 is 8.16. The molecule has 8 heteroatoms. The number of nitrogens with zero attached hydrogens (tertiary/aromatic N) is 5. The number of likely N-dealkylation sites (N-methyl/N-ethyl adjacent to an activating group) is 1. The Hall–Kier alpha value is -4.46. The van der Waals surface area contributed by atoms with E-state index in [1.807, 2.05) is 67.7 Å². The SMILES string of the molecule is CCn1nc(C2CC2)cc1C(=O)N1CCOc2ccc(-c3cccnc3)cc2Cc2cccc(c2)C(=O)N(C)CC1. The van der Waals surface area contributed by atoms with Crippen LogP contribution in [0.15, 0.2) is 73.1 Å². The van der Waals surface area contributed by atoms with Crippen LogP contribution in [-0.4, -0.2) is 69.7 Å². The quantitative estimate of drug-likeness (QED) is 0.356. The van der Waals surface area contributed by atoms with Crippen LogP contribution in [0.1, 0.15) is 63.4 Å². The largest absolute Gasteiger partial charge is 0.491 e.